The highest BCUT2D eigenvalue weighted by Crippen LogP contribution is 2.19. The van der Waals surface area contributed by atoms with Crippen molar-refractivity contribution in [3.8, 4) is 0 Å². The largest absolute Gasteiger partial charge is 0.389 e. The van der Waals surface area contributed by atoms with Crippen molar-refractivity contribution in [2.75, 3.05) is 5.32 Å². The number of thiocarbonyl (C=S) groups is 1. The summed E-state index contributed by atoms with van der Waals surface area (Å²) in [6.07, 6.45) is 1.71. The Hall–Kier alpha value is -1.21. The van der Waals surface area contributed by atoms with Gasteiger partial charge in [0.05, 0.1) is 5.56 Å². The number of nitrogens with one attached hydrogen (secondary N) is 1. The lowest BCUT2D eigenvalue weighted by atomic mass is 10.2. The summed E-state index contributed by atoms with van der Waals surface area (Å²) in [7, 11) is 0. The van der Waals surface area contributed by atoms with Crippen LogP contribution in [0.4, 0.5) is 11.5 Å². The summed E-state index contributed by atoms with van der Waals surface area (Å²) in [5.74, 6) is 0.682. The summed E-state index contributed by atoms with van der Waals surface area (Å²) in [6.45, 7) is 0. The Labute approximate surface area is 119 Å². The van der Waals surface area contributed by atoms with Gasteiger partial charge < -0.3 is 11.1 Å². The summed E-state index contributed by atoms with van der Waals surface area (Å²) < 4.78 is 1.15. The maximum Gasteiger partial charge on any atom is 0.140 e. The standard InChI is InChI=1S/C12H10IN3S/c13-8-3-1-4-9(7-8)16-12-10(11(14)17)5-2-6-15-12/h1-7H,(H2,14,17)(H,15,16). The van der Waals surface area contributed by atoms with Crippen molar-refractivity contribution in [2.45, 2.75) is 0 Å². The van der Waals surface area contributed by atoms with Crippen LogP contribution < -0.4 is 11.1 Å². The summed E-state index contributed by atoms with van der Waals surface area (Å²) in [5.41, 5.74) is 7.37. The zero-order chi connectivity index (χ0) is 12.3. The number of anilines is 2. The Morgan fingerprint density at radius 3 is 2.82 bits per heavy atom. The quantitative estimate of drug-likeness (QED) is 0.656. The van der Waals surface area contributed by atoms with Gasteiger partial charge in [-0.25, -0.2) is 4.98 Å². The molecule has 1 aromatic carbocycles. The molecule has 1 aromatic heterocycles. The lowest BCUT2D eigenvalue weighted by Crippen LogP contribution is -2.12. The molecule has 17 heavy (non-hydrogen) atoms. The van der Waals surface area contributed by atoms with E-state index in [1.165, 1.54) is 0 Å². The first-order chi connectivity index (χ1) is 8.16. The topological polar surface area (TPSA) is 50.9 Å². The number of rotatable bonds is 3. The van der Waals surface area contributed by atoms with Crippen molar-refractivity contribution < 1.29 is 0 Å². The second kappa shape index (κ2) is 5.42. The third-order valence-electron chi connectivity index (χ3n) is 2.16. The van der Waals surface area contributed by atoms with Crippen molar-refractivity contribution in [1.82, 2.24) is 4.98 Å². The monoisotopic (exact) mass is 355 g/mol. The lowest BCUT2D eigenvalue weighted by Gasteiger charge is -2.09. The van der Waals surface area contributed by atoms with E-state index in [4.69, 9.17) is 18.0 Å². The van der Waals surface area contributed by atoms with E-state index in [1.54, 1.807) is 6.20 Å². The second-order valence-corrected chi connectivity index (χ2v) is 5.08. The fourth-order valence-electron chi connectivity index (χ4n) is 1.41. The zero-order valence-electron chi connectivity index (χ0n) is 8.85. The third kappa shape index (κ3) is 3.13. The molecule has 0 spiro atoms. The average molecular weight is 355 g/mol. The van der Waals surface area contributed by atoms with Crippen molar-refractivity contribution in [2.24, 2.45) is 5.73 Å². The fraction of sp³-hybridized carbons (Fsp3) is 0. The molecule has 0 unspecified atom stereocenters. The van der Waals surface area contributed by atoms with Crippen LogP contribution in [0.2, 0.25) is 0 Å². The first-order valence-corrected chi connectivity index (χ1v) is 6.43. The molecule has 0 aliphatic carbocycles. The maximum absolute atomic E-state index is 5.65. The van der Waals surface area contributed by atoms with Gasteiger partial charge in [-0.1, -0.05) is 18.3 Å². The van der Waals surface area contributed by atoms with Crippen LogP contribution in [0.25, 0.3) is 0 Å². The third-order valence-corrected chi connectivity index (χ3v) is 3.05. The van der Waals surface area contributed by atoms with E-state index in [1.807, 2.05) is 36.4 Å². The Bertz CT molecular complexity index is 557. The van der Waals surface area contributed by atoms with Crippen molar-refractivity contribution in [3.05, 3.63) is 51.7 Å². The summed E-state index contributed by atoms with van der Waals surface area (Å²) in [5, 5.41) is 3.21. The van der Waals surface area contributed by atoms with Crippen molar-refractivity contribution >= 4 is 51.3 Å². The van der Waals surface area contributed by atoms with Crippen LogP contribution in [-0.4, -0.2) is 9.97 Å². The van der Waals surface area contributed by atoms with Crippen LogP contribution in [0.3, 0.4) is 0 Å². The first kappa shape index (κ1) is 12.3. The number of nitrogens with two attached hydrogens (primary N) is 1. The molecule has 0 bridgehead atoms. The molecule has 3 nitrogen and oxygen atoms in total. The van der Waals surface area contributed by atoms with Crippen LogP contribution in [0, 0.1) is 3.57 Å². The molecule has 2 rings (SSSR count). The van der Waals surface area contributed by atoms with Gasteiger partial charge >= 0.3 is 0 Å². The molecule has 0 saturated carbocycles. The van der Waals surface area contributed by atoms with E-state index in [0.717, 1.165) is 14.8 Å². The Morgan fingerprint density at radius 1 is 1.29 bits per heavy atom. The Kier molecular flexibility index (Phi) is 3.90. The van der Waals surface area contributed by atoms with Crippen LogP contribution in [0.15, 0.2) is 42.6 Å². The van der Waals surface area contributed by atoms with Crippen LogP contribution in [0.5, 0.6) is 0 Å². The van der Waals surface area contributed by atoms with Crippen molar-refractivity contribution in [1.29, 1.82) is 0 Å². The molecule has 0 amide bonds. The first-order valence-electron chi connectivity index (χ1n) is 4.94. The van der Waals surface area contributed by atoms with E-state index in [2.05, 4.69) is 32.9 Å². The van der Waals surface area contributed by atoms with Gasteiger partial charge in [-0.15, -0.1) is 0 Å². The van der Waals surface area contributed by atoms with Crippen LogP contribution >= 0.6 is 34.8 Å². The average Bonchev–Trinajstić information content (AvgIpc) is 2.29. The van der Waals surface area contributed by atoms with E-state index >= 15 is 0 Å². The predicted octanol–water partition coefficient (Wildman–Crippen LogP) is 3.06. The van der Waals surface area contributed by atoms with Gasteiger partial charge in [0.15, 0.2) is 0 Å². The number of hydrogen-bond acceptors (Lipinski definition) is 3. The second-order valence-electron chi connectivity index (χ2n) is 3.40. The number of halogens is 1. The van der Waals surface area contributed by atoms with E-state index in [0.29, 0.717) is 10.8 Å². The molecule has 0 aliphatic heterocycles. The number of pyridine rings is 1. The minimum Gasteiger partial charge on any atom is -0.389 e. The van der Waals surface area contributed by atoms with Crippen LogP contribution in [0.1, 0.15) is 5.56 Å². The molecule has 2 aromatic rings. The van der Waals surface area contributed by atoms with Gasteiger partial charge in [-0.3, -0.25) is 0 Å². The van der Waals surface area contributed by atoms with Crippen molar-refractivity contribution in [3.63, 3.8) is 0 Å². The van der Waals surface area contributed by atoms with Gasteiger partial charge in [0.25, 0.3) is 0 Å². The predicted molar refractivity (Wildman–Crippen MR) is 82.6 cm³/mol. The molecule has 1 heterocycles. The van der Waals surface area contributed by atoms with E-state index < -0.39 is 0 Å². The number of benzene rings is 1. The Morgan fingerprint density at radius 2 is 2.12 bits per heavy atom. The SMILES string of the molecule is NC(=S)c1cccnc1Nc1cccc(I)c1. The molecule has 0 saturated heterocycles. The molecule has 0 radical (unpaired) electrons. The molecular formula is C12H10IN3S. The summed E-state index contributed by atoms with van der Waals surface area (Å²) in [6, 6.07) is 11.7. The molecule has 0 atom stereocenters. The molecule has 0 fully saturated rings. The lowest BCUT2D eigenvalue weighted by molar-refractivity contribution is 1.29. The molecule has 5 heteroatoms. The van der Waals surface area contributed by atoms with Crippen LogP contribution in [-0.2, 0) is 0 Å². The fourth-order valence-corrected chi connectivity index (χ4v) is 2.11. The Balaban J connectivity index is 2.33. The number of aromatic nitrogens is 1. The zero-order valence-corrected chi connectivity index (χ0v) is 11.8. The highest BCUT2D eigenvalue weighted by atomic mass is 127. The number of nitrogens with zero attached hydrogens (tertiary/aromatic N) is 1. The maximum atomic E-state index is 5.65. The molecule has 86 valence electrons. The molecular weight excluding hydrogens is 345 g/mol. The van der Waals surface area contributed by atoms with Gasteiger partial charge in [0.2, 0.25) is 0 Å². The molecule has 3 N–H and O–H groups in total. The smallest absolute Gasteiger partial charge is 0.140 e. The van der Waals surface area contributed by atoms with Gasteiger partial charge in [-0.05, 0) is 52.9 Å². The highest BCUT2D eigenvalue weighted by molar-refractivity contribution is 14.1. The van der Waals surface area contributed by atoms with E-state index in [-0.39, 0.29) is 0 Å². The van der Waals surface area contributed by atoms with Gasteiger partial charge in [0, 0.05) is 15.5 Å². The highest BCUT2D eigenvalue weighted by Gasteiger charge is 2.05. The van der Waals surface area contributed by atoms with Gasteiger partial charge in [-0.2, -0.15) is 0 Å². The summed E-state index contributed by atoms with van der Waals surface area (Å²) >= 11 is 7.25. The van der Waals surface area contributed by atoms with E-state index in [9.17, 15) is 0 Å². The normalized spacial score (nSPS) is 9.94. The molecule has 0 aliphatic rings. The minimum atomic E-state index is 0.339. The summed E-state index contributed by atoms with van der Waals surface area (Å²) in [4.78, 5) is 4.58. The number of hydrogen-bond donors (Lipinski definition) is 2. The van der Waals surface area contributed by atoms with Gasteiger partial charge in [0.1, 0.15) is 10.8 Å². The minimum absolute atomic E-state index is 0.339.